The summed E-state index contributed by atoms with van der Waals surface area (Å²) in [5.74, 6) is -0.522. The molecular weight excluding hydrogens is 396 g/mol. The molecule has 3 aromatic carbocycles. The van der Waals surface area contributed by atoms with E-state index >= 15 is 0 Å². The molecule has 0 radical (unpaired) electrons. The Morgan fingerprint density at radius 2 is 1.77 bits per heavy atom. The smallest absolute Gasteiger partial charge is 0.335 e. The van der Waals surface area contributed by atoms with E-state index in [1.54, 1.807) is 6.07 Å². The number of benzene rings is 3. The summed E-state index contributed by atoms with van der Waals surface area (Å²) in [4.78, 5) is 26.5. The van der Waals surface area contributed by atoms with Crippen molar-refractivity contribution in [3.8, 4) is 22.5 Å². The molecule has 0 atom stereocenters. The third-order valence-electron chi connectivity index (χ3n) is 5.14. The lowest BCUT2D eigenvalue weighted by Gasteiger charge is -2.09. The van der Waals surface area contributed by atoms with Gasteiger partial charge in [0, 0.05) is 5.56 Å². The molecule has 2 heterocycles. The van der Waals surface area contributed by atoms with Crippen LogP contribution in [-0.2, 0) is 6.54 Å². The van der Waals surface area contributed by atoms with Gasteiger partial charge in [0.1, 0.15) is 0 Å². The molecule has 0 spiro atoms. The fourth-order valence-electron chi connectivity index (χ4n) is 3.62. The maximum atomic E-state index is 12.4. The summed E-state index contributed by atoms with van der Waals surface area (Å²) in [7, 11) is 0. The van der Waals surface area contributed by atoms with Gasteiger partial charge in [-0.3, -0.25) is 4.57 Å². The second kappa shape index (κ2) is 7.38. The summed E-state index contributed by atoms with van der Waals surface area (Å²) in [6.07, 6.45) is 0. The first-order valence-electron chi connectivity index (χ1n) is 9.48. The molecule has 2 aromatic heterocycles. The first kappa shape index (κ1) is 18.5. The SMILES string of the molecule is O=C(O)c1ccc2[nH]c(=O)n(Cc3ccc(-c4ccccc4-c4nn[nH]n4)cc3)c2c1. The zero-order valence-corrected chi connectivity index (χ0v) is 16.1. The maximum absolute atomic E-state index is 12.4. The van der Waals surface area contributed by atoms with Crippen LogP contribution in [0.5, 0.6) is 0 Å². The van der Waals surface area contributed by atoms with Crippen LogP contribution in [0.2, 0.25) is 0 Å². The summed E-state index contributed by atoms with van der Waals surface area (Å²) >= 11 is 0. The van der Waals surface area contributed by atoms with Crippen LogP contribution in [0.3, 0.4) is 0 Å². The topological polar surface area (TPSA) is 130 Å². The summed E-state index contributed by atoms with van der Waals surface area (Å²) in [5, 5.41) is 23.5. The molecule has 3 N–H and O–H groups in total. The van der Waals surface area contributed by atoms with Crippen molar-refractivity contribution in [2.75, 3.05) is 0 Å². The average molecular weight is 412 g/mol. The van der Waals surface area contributed by atoms with Crippen molar-refractivity contribution in [3.63, 3.8) is 0 Å². The van der Waals surface area contributed by atoms with Crippen molar-refractivity contribution >= 4 is 17.0 Å². The molecule has 9 heteroatoms. The fourth-order valence-corrected chi connectivity index (χ4v) is 3.62. The van der Waals surface area contributed by atoms with Gasteiger partial charge in [0.05, 0.1) is 23.1 Å². The molecule has 0 saturated carbocycles. The first-order chi connectivity index (χ1) is 15.1. The Kier molecular flexibility index (Phi) is 4.40. The van der Waals surface area contributed by atoms with Crippen LogP contribution in [0.15, 0.2) is 71.5 Å². The van der Waals surface area contributed by atoms with Gasteiger partial charge in [0.15, 0.2) is 0 Å². The van der Waals surface area contributed by atoms with Gasteiger partial charge >= 0.3 is 11.7 Å². The van der Waals surface area contributed by atoms with Crippen molar-refractivity contribution in [2.45, 2.75) is 6.54 Å². The molecule has 5 aromatic rings. The molecular formula is C22H16N6O3. The van der Waals surface area contributed by atoms with Crippen molar-refractivity contribution in [3.05, 3.63) is 88.3 Å². The molecule has 0 amide bonds. The molecule has 0 aliphatic rings. The summed E-state index contributed by atoms with van der Waals surface area (Å²) in [6, 6.07) is 20.2. The van der Waals surface area contributed by atoms with Gasteiger partial charge in [-0.1, -0.05) is 48.5 Å². The van der Waals surface area contributed by atoms with E-state index in [4.69, 9.17) is 0 Å². The highest BCUT2D eigenvalue weighted by atomic mass is 16.4. The molecule has 0 unspecified atom stereocenters. The number of aromatic carboxylic acids is 1. The van der Waals surface area contributed by atoms with E-state index in [1.165, 1.54) is 16.7 Å². The normalized spacial score (nSPS) is 11.1. The van der Waals surface area contributed by atoms with Crippen molar-refractivity contribution in [2.24, 2.45) is 0 Å². The molecule has 5 rings (SSSR count). The van der Waals surface area contributed by atoms with Crippen LogP contribution in [0.1, 0.15) is 15.9 Å². The fraction of sp³-hybridized carbons (Fsp3) is 0.0455. The van der Waals surface area contributed by atoms with Gasteiger partial charge in [-0.25, -0.2) is 9.59 Å². The van der Waals surface area contributed by atoms with Gasteiger partial charge in [-0.2, -0.15) is 5.21 Å². The predicted octanol–water partition coefficient (Wildman–Crippen LogP) is 2.92. The van der Waals surface area contributed by atoms with E-state index in [2.05, 4.69) is 25.6 Å². The second-order valence-corrected chi connectivity index (χ2v) is 7.03. The predicted molar refractivity (Wildman–Crippen MR) is 114 cm³/mol. The molecule has 0 fully saturated rings. The summed E-state index contributed by atoms with van der Waals surface area (Å²) in [6.45, 7) is 0.314. The number of hydrogen-bond donors (Lipinski definition) is 3. The molecule has 0 bridgehead atoms. The van der Waals surface area contributed by atoms with E-state index in [1.807, 2.05) is 48.5 Å². The minimum absolute atomic E-state index is 0.133. The number of tetrazole rings is 1. The quantitative estimate of drug-likeness (QED) is 0.407. The van der Waals surface area contributed by atoms with Gasteiger partial charge < -0.3 is 10.1 Å². The minimum atomic E-state index is -1.04. The highest BCUT2D eigenvalue weighted by Gasteiger charge is 2.13. The number of nitrogens with one attached hydrogen (secondary N) is 2. The van der Waals surface area contributed by atoms with E-state index in [9.17, 15) is 14.7 Å². The minimum Gasteiger partial charge on any atom is -0.478 e. The van der Waals surface area contributed by atoms with Crippen molar-refractivity contribution < 1.29 is 9.90 Å². The first-order valence-corrected chi connectivity index (χ1v) is 9.48. The number of fused-ring (bicyclic) bond motifs is 1. The number of nitrogens with zero attached hydrogens (tertiary/aromatic N) is 4. The lowest BCUT2D eigenvalue weighted by atomic mass is 9.98. The Morgan fingerprint density at radius 3 is 2.48 bits per heavy atom. The number of H-pyrrole nitrogens is 2. The van der Waals surface area contributed by atoms with E-state index < -0.39 is 5.97 Å². The van der Waals surface area contributed by atoms with E-state index in [-0.39, 0.29) is 11.3 Å². The van der Waals surface area contributed by atoms with Crippen LogP contribution >= 0.6 is 0 Å². The van der Waals surface area contributed by atoms with Crippen LogP contribution in [0, 0.1) is 0 Å². The van der Waals surface area contributed by atoms with Crippen LogP contribution < -0.4 is 5.69 Å². The number of aromatic nitrogens is 6. The monoisotopic (exact) mass is 412 g/mol. The number of carboxylic acids is 1. The molecule has 31 heavy (non-hydrogen) atoms. The van der Waals surface area contributed by atoms with Crippen molar-refractivity contribution in [1.82, 2.24) is 30.2 Å². The number of aromatic amines is 2. The summed E-state index contributed by atoms with van der Waals surface area (Å²) < 4.78 is 1.53. The molecule has 0 saturated heterocycles. The standard InChI is InChI=1S/C22H16N6O3/c29-21(30)15-9-10-18-19(11-15)28(22(31)23-18)12-13-5-7-14(8-6-13)16-3-1-2-4-17(16)20-24-26-27-25-20/h1-11H,12H2,(H,23,31)(H,29,30)(H,24,25,26,27). The second-order valence-electron chi connectivity index (χ2n) is 7.03. The lowest BCUT2D eigenvalue weighted by Crippen LogP contribution is -2.17. The number of hydrogen-bond acceptors (Lipinski definition) is 5. The van der Waals surface area contributed by atoms with Gasteiger partial charge in [0.25, 0.3) is 0 Å². The Hall–Kier alpha value is -4.53. The van der Waals surface area contributed by atoms with Gasteiger partial charge in [-0.15, -0.1) is 10.2 Å². The van der Waals surface area contributed by atoms with Crippen molar-refractivity contribution in [1.29, 1.82) is 0 Å². The van der Waals surface area contributed by atoms with Crippen LogP contribution in [-0.4, -0.2) is 41.3 Å². The molecule has 9 nitrogen and oxygen atoms in total. The third-order valence-corrected chi connectivity index (χ3v) is 5.14. The number of carboxylic acid groups (broad SMARTS) is 1. The maximum Gasteiger partial charge on any atom is 0.335 e. The largest absolute Gasteiger partial charge is 0.478 e. The molecule has 152 valence electrons. The van der Waals surface area contributed by atoms with Gasteiger partial charge in [0.2, 0.25) is 5.82 Å². The van der Waals surface area contributed by atoms with Gasteiger partial charge in [-0.05, 0) is 40.1 Å². The summed E-state index contributed by atoms with van der Waals surface area (Å²) in [5.41, 5.74) is 4.70. The zero-order valence-electron chi connectivity index (χ0n) is 16.1. The zero-order chi connectivity index (χ0) is 21.4. The highest BCUT2D eigenvalue weighted by molar-refractivity contribution is 5.92. The lowest BCUT2D eigenvalue weighted by molar-refractivity contribution is 0.0697. The average Bonchev–Trinajstić information content (AvgIpc) is 3.42. The Balaban J connectivity index is 1.49. The van der Waals surface area contributed by atoms with Crippen LogP contribution in [0.25, 0.3) is 33.5 Å². The highest BCUT2D eigenvalue weighted by Crippen LogP contribution is 2.29. The Labute approximate surface area is 175 Å². The molecule has 0 aliphatic heterocycles. The Bertz CT molecular complexity index is 1450. The molecule has 0 aliphatic carbocycles. The van der Waals surface area contributed by atoms with Crippen LogP contribution in [0.4, 0.5) is 0 Å². The number of imidazole rings is 1. The van der Waals surface area contributed by atoms with E-state index in [0.717, 1.165) is 22.3 Å². The third kappa shape index (κ3) is 3.38. The number of carbonyl (C=O) groups is 1. The Morgan fingerprint density at radius 1 is 1.00 bits per heavy atom. The number of rotatable bonds is 5. The van der Waals surface area contributed by atoms with E-state index in [0.29, 0.717) is 23.4 Å².